The molecule has 0 N–H and O–H groups in total. The molecule has 0 radical (unpaired) electrons. The van der Waals surface area contributed by atoms with Crippen LogP contribution in [-0.4, -0.2) is 21.0 Å². The summed E-state index contributed by atoms with van der Waals surface area (Å²) < 4.78 is 6.26. The number of carbonyl (C=O) groups excluding carboxylic acids is 2. The summed E-state index contributed by atoms with van der Waals surface area (Å²) in [7, 11) is 0. The topological polar surface area (TPSA) is 117 Å². The molecule has 10 heteroatoms. The van der Waals surface area contributed by atoms with Crippen molar-refractivity contribution in [1.29, 1.82) is 5.26 Å². The summed E-state index contributed by atoms with van der Waals surface area (Å²) in [5, 5.41) is 19.7. The molecule has 2 heterocycles. The third kappa shape index (κ3) is 4.21. The highest BCUT2D eigenvalue weighted by Crippen LogP contribution is 2.36. The lowest BCUT2D eigenvalue weighted by molar-refractivity contribution is -0.384. The molecule has 0 bridgehead atoms. The van der Waals surface area contributed by atoms with Gasteiger partial charge in [-0.05, 0) is 57.5 Å². The Morgan fingerprint density at radius 3 is 2.69 bits per heavy atom. The molecule has 4 rings (SSSR count). The first kappa shape index (κ1) is 21.5. The van der Waals surface area contributed by atoms with E-state index >= 15 is 0 Å². The number of hydrogen-bond donors (Lipinski definition) is 0. The summed E-state index contributed by atoms with van der Waals surface area (Å²) in [6.45, 7) is 0.00485. The van der Waals surface area contributed by atoms with E-state index in [1.807, 2.05) is 0 Å². The van der Waals surface area contributed by atoms with Crippen LogP contribution in [0.2, 0.25) is 0 Å². The molecule has 0 spiro atoms. The van der Waals surface area contributed by atoms with E-state index in [9.17, 15) is 25.0 Å². The summed E-state index contributed by atoms with van der Waals surface area (Å²) in [5.41, 5.74) is 1.54. The summed E-state index contributed by atoms with van der Waals surface area (Å²) >= 11 is 4.10. The van der Waals surface area contributed by atoms with Gasteiger partial charge in [0, 0.05) is 28.2 Å². The number of non-ortho nitro benzene ring substituents is 1. The average molecular weight is 510 g/mol. The molecule has 1 aliphatic rings. The van der Waals surface area contributed by atoms with Crippen LogP contribution in [-0.2, 0) is 11.3 Å². The van der Waals surface area contributed by atoms with Gasteiger partial charge in [-0.15, -0.1) is 0 Å². The lowest BCUT2D eigenvalue weighted by Crippen LogP contribution is -2.27. The fourth-order valence-corrected chi connectivity index (χ4v) is 4.48. The summed E-state index contributed by atoms with van der Waals surface area (Å²) in [5.74, 6) is 0.329. The van der Waals surface area contributed by atoms with Gasteiger partial charge in [-0.25, -0.2) is 0 Å². The first-order valence-corrected chi connectivity index (χ1v) is 10.8. The molecule has 0 unspecified atom stereocenters. The Bertz CT molecular complexity index is 1340. The molecule has 32 heavy (non-hydrogen) atoms. The molecule has 0 atom stereocenters. The zero-order valence-corrected chi connectivity index (χ0v) is 18.6. The van der Waals surface area contributed by atoms with Crippen LogP contribution in [0.3, 0.4) is 0 Å². The van der Waals surface area contributed by atoms with Crippen molar-refractivity contribution in [3.63, 3.8) is 0 Å². The highest BCUT2D eigenvalue weighted by molar-refractivity contribution is 9.10. The number of halogens is 1. The molecular formula is C22H12BrN3O5S. The van der Waals surface area contributed by atoms with Crippen LogP contribution >= 0.6 is 27.7 Å². The van der Waals surface area contributed by atoms with Gasteiger partial charge in [-0.2, -0.15) is 5.26 Å². The molecule has 1 aromatic heterocycles. The lowest BCUT2D eigenvalue weighted by Gasteiger charge is -2.13. The number of nitriles is 1. The second-order valence-electron chi connectivity index (χ2n) is 6.66. The third-order valence-corrected chi connectivity index (χ3v) is 6.23. The Morgan fingerprint density at radius 2 is 1.97 bits per heavy atom. The van der Waals surface area contributed by atoms with Crippen LogP contribution in [0.4, 0.5) is 10.5 Å². The molecule has 2 amide bonds. The zero-order chi connectivity index (χ0) is 22.8. The highest BCUT2D eigenvalue weighted by Gasteiger charge is 2.35. The number of rotatable bonds is 5. The van der Waals surface area contributed by atoms with Crippen molar-refractivity contribution >= 4 is 50.6 Å². The number of furan rings is 1. The maximum atomic E-state index is 12.8. The van der Waals surface area contributed by atoms with Crippen molar-refractivity contribution in [3.05, 3.63) is 91.0 Å². The minimum Gasteiger partial charge on any atom is -0.457 e. The van der Waals surface area contributed by atoms with Crippen molar-refractivity contribution in [2.24, 2.45) is 0 Å². The Morgan fingerprint density at radius 1 is 1.19 bits per heavy atom. The quantitative estimate of drug-likeness (QED) is 0.245. The van der Waals surface area contributed by atoms with Crippen molar-refractivity contribution in [2.75, 3.05) is 0 Å². The number of nitrogens with zero attached hydrogens (tertiary/aromatic N) is 3. The Kier molecular flexibility index (Phi) is 5.94. The Labute approximate surface area is 194 Å². The first-order valence-electron chi connectivity index (χ1n) is 9.15. The van der Waals surface area contributed by atoms with Crippen LogP contribution in [0, 0.1) is 21.4 Å². The summed E-state index contributed by atoms with van der Waals surface area (Å²) in [6.07, 6.45) is 1.48. The van der Waals surface area contributed by atoms with E-state index in [-0.39, 0.29) is 17.1 Å². The van der Waals surface area contributed by atoms with Gasteiger partial charge in [0.2, 0.25) is 0 Å². The highest BCUT2D eigenvalue weighted by atomic mass is 79.9. The van der Waals surface area contributed by atoms with E-state index < -0.39 is 16.1 Å². The molecular weight excluding hydrogens is 498 g/mol. The van der Waals surface area contributed by atoms with E-state index in [1.165, 1.54) is 18.2 Å². The Balaban J connectivity index is 1.56. The van der Waals surface area contributed by atoms with Gasteiger partial charge in [0.05, 0.1) is 28.0 Å². The number of nitro groups is 1. The smallest absolute Gasteiger partial charge is 0.293 e. The van der Waals surface area contributed by atoms with E-state index in [1.54, 1.807) is 42.5 Å². The second kappa shape index (κ2) is 8.82. The van der Waals surface area contributed by atoms with Crippen molar-refractivity contribution in [1.82, 2.24) is 4.90 Å². The minimum atomic E-state index is -0.493. The van der Waals surface area contributed by atoms with Gasteiger partial charge in [0.25, 0.3) is 16.8 Å². The Hall–Kier alpha value is -3.68. The van der Waals surface area contributed by atoms with Crippen LogP contribution < -0.4 is 0 Å². The van der Waals surface area contributed by atoms with Crippen LogP contribution in [0.1, 0.15) is 16.9 Å². The van der Waals surface area contributed by atoms with Crippen molar-refractivity contribution in [2.45, 2.75) is 6.54 Å². The fraction of sp³-hybridized carbons (Fsp3) is 0.0455. The molecule has 0 aliphatic carbocycles. The van der Waals surface area contributed by atoms with Crippen LogP contribution in [0.25, 0.3) is 17.4 Å². The average Bonchev–Trinajstić information content (AvgIpc) is 3.34. The van der Waals surface area contributed by atoms with Gasteiger partial charge in [-0.1, -0.05) is 18.2 Å². The minimum absolute atomic E-state index is 0.00485. The molecule has 1 fully saturated rings. The molecule has 1 aliphatic heterocycles. The number of carbonyl (C=O) groups is 2. The molecule has 8 nitrogen and oxygen atoms in total. The molecule has 2 aromatic carbocycles. The standard InChI is InChI=1S/C22H12BrN3O5S/c23-18-9-15(26(29)30)5-7-17(18)19-8-6-16(31-19)10-20-21(27)25(22(28)32-20)12-14-4-2-1-3-13(14)11-24/h1-10H,12H2/b20-10+. The van der Waals surface area contributed by atoms with Crippen LogP contribution in [0.5, 0.6) is 0 Å². The van der Waals surface area contributed by atoms with Gasteiger partial charge in [0.15, 0.2) is 0 Å². The van der Waals surface area contributed by atoms with Crippen molar-refractivity contribution < 1.29 is 18.9 Å². The number of benzene rings is 2. The second-order valence-corrected chi connectivity index (χ2v) is 8.51. The summed E-state index contributed by atoms with van der Waals surface area (Å²) in [4.78, 5) is 36.9. The number of amides is 2. The maximum Gasteiger partial charge on any atom is 0.293 e. The zero-order valence-electron chi connectivity index (χ0n) is 16.1. The molecule has 158 valence electrons. The molecule has 1 saturated heterocycles. The van der Waals surface area contributed by atoms with Crippen LogP contribution in [0.15, 0.2) is 68.4 Å². The maximum absolute atomic E-state index is 12.8. The molecule has 0 saturated carbocycles. The SMILES string of the molecule is N#Cc1ccccc1CN1C(=O)S/C(=C/c2ccc(-c3ccc([N+](=O)[O-])cc3Br)o2)C1=O. The fourth-order valence-electron chi connectivity index (χ4n) is 3.10. The predicted octanol–water partition coefficient (Wildman–Crippen LogP) is 5.73. The number of imide groups is 1. The number of nitro benzene ring substituents is 1. The number of thioether (sulfide) groups is 1. The van der Waals surface area contributed by atoms with Gasteiger partial charge >= 0.3 is 0 Å². The predicted molar refractivity (Wildman–Crippen MR) is 121 cm³/mol. The van der Waals surface area contributed by atoms with Crippen molar-refractivity contribution in [3.8, 4) is 17.4 Å². The first-order chi connectivity index (χ1) is 15.4. The van der Waals surface area contributed by atoms with E-state index in [2.05, 4.69) is 22.0 Å². The van der Waals surface area contributed by atoms with Gasteiger partial charge < -0.3 is 4.42 Å². The monoisotopic (exact) mass is 509 g/mol. The number of hydrogen-bond acceptors (Lipinski definition) is 7. The van der Waals surface area contributed by atoms with Gasteiger partial charge in [0.1, 0.15) is 11.5 Å². The summed E-state index contributed by atoms with van der Waals surface area (Å²) in [6, 6.07) is 16.5. The molecule has 3 aromatic rings. The normalized spacial score (nSPS) is 14.8. The van der Waals surface area contributed by atoms with E-state index in [4.69, 9.17) is 4.42 Å². The lowest BCUT2D eigenvalue weighted by atomic mass is 10.1. The van der Waals surface area contributed by atoms with Gasteiger partial charge in [-0.3, -0.25) is 24.6 Å². The third-order valence-electron chi connectivity index (χ3n) is 4.67. The van der Waals surface area contributed by atoms with E-state index in [0.717, 1.165) is 16.7 Å². The largest absolute Gasteiger partial charge is 0.457 e. The van der Waals surface area contributed by atoms with E-state index in [0.29, 0.717) is 32.7 Å².